The summed E-state index contributed by atoms with van der Waals surface area (Å²) in [5.74, 6) is 0.897. The number of nitrogens with one attached hydrogen (secondary N) is 1. The Morgan fingerprint density at radius 3 is 2.69 bits per heavy atom. The average molecular weight is 450 g/mol. The monoisotopic (exact) mass is 449 g/mol. The number of nitrogens with zero attached hydrogens (tertiary/aromatic N) is 2. The summed E-state index contributed by atoms with van der Waals surface area (Å²) in [4.78, 5) is 32.8. The fourth-order valence-corrected chi connectivity index (χ4v) is 4.53. The first-order valence-electron chi connectivity index (χ1n) is 10.2. The summed E-state index contributed by atoms with van der Waals surface area (Å²) in [6, 6.07) is 16.5. The number of aromatic nitrogens is 1. The van der Waals surface area contributed by atoms with E-state index in [4.69, 9.17) is 9.47 Å². The molecule has 1 aromatic heterocycles. The van der Waals surface area contributed by atoms with Gasteiger partial charge in [0, 0.05) is 35.8 Å². The maximum atomic E-state index is 13.2. The molecule has 0 bridgehead atoms. The summed E-state index contributed by atoms with van der Waals surface area (Å²) in [7, 11) is 3.11. The number of pyridine rings is 1. The molecule has 0 saturated heterocycles. The molecule has 2 amide bonds. The van der Waals surface area contributed by atoms with E-state index < -0.39 is 0 Å². The van der Waals surface area contributed by atoms with Crippen molar-refractivity contribution < 1.29 is 19.1 Å². The lowest BCUT2D eigenvalue weighted by Crippen LogP contribution is -2.32. The summed E-state index contributed by atoms with van der Waals surface area (Å²) in [5, 5.41) is 3.57. The van der Waals surface area contributed by atoms with Gasteiger partial charge in [-0.2, -0.15) is 0 Å². The van der Waals surface area contributed by atoms with E-state index in [1.165, 1.54) is 11.8 Å². The summed E-state index contributed by atoms with van der Waals surface area (Å²) in [5.41, 5.74) is 2.03. The SMILES string of the molecule is COc1ccc(NC(=O)CCCN2C(=O)c3cccnc3Sc3ccccc32)cc1OC. The zero-order valence-corrected chi connectivity index (χ0v) is 18.6. The van der Waals surface area contributed by atoms with Crippen molar-refractivity contribution in [3.63, 3.8) is 0 Å². The van der Waals surface area contributed by atoms with Crippen LogP contribution in [0.25, 0.3) is 0 Å². The van der Waals surface area contributed by atoms with Crippen LogP contribution in [0.5, 0.6) is 11.5 Å². The van der Waals surface area contributed by atoms with Gasteiger partial charge in [0.1, 0.15) is 5.03 Å². The third-order valence-electron chi connectivity index (χ3n) is 5.06. The van der Waals surface area contributed by atoms with E-state index in [9.17, 15) is 9.59 Å². The largest absolute Gasteiger partial charge is 0.493 e. The molecule has 7 nitrogen and oxygen atoms in total. The van der Waals surface area contributed by atoms with Crippen LogP contribution in [0.1, 0.15) is 23.2 Å². The van der Waals surface area contributed by atoms with Crippen molar-refractivity contribution in [2.45, 2.75) is 22.8 Å². The Morgan fingerprint density at radius 1 is 1.06 bits per heavy atom. The molecule has 4 rings (SSSR count). The molecule has 0 atom stereocenters. The summed E-state index contributed by atoms with van der Waals surface area (Å²) in [6.07, 6.45) is 2.47. The van der Waals surface area contributed by atoms with Crippen LogP contribution in [0, 0.1) is 0 Å². The molecule has 3 aromatic rings. The molecular weight excluding hydrogens is 426 g/mol. The fourth-order valence-electron chi connectivity index (χ4n) is 3.52. The first-order valence-corrected chi connectivity index (χ1v) is 11.0. The van der Waals surface area contributed by atoms with Crippen LogP contribution in [0.4, 0.5) is 11.4 Å². The minimum absolute atomic E-state index is 0.106. The summed E-state index contributed by atoms with van der Waals surface area (Å²) >= 11 is 1.48. The number of rotatable bonds is 7. The number of hydrogen-bond donors (Lipinski definition) is 1. The Bertz CT molecular complexity index is 1150. The second-order valence-corrected chi connectivity index (χ2v) is 8.13. The Morgan fingerprint density at radius 2 is 1.88 bits per heavy atom. The van der Waals surface area contributed by atoms with Gasteiger partial charge in [-0.1, -0.05) is 23.9 Å². The maximum Gasteiger partial charge on any atom is 0.261 e. The molecule has 0 radical (unpaired) electrons. The molecule has 0 unspecified atom stereocenters. The van der Waals surface area contributed by atoms with Crippen LogP contribution in [0.3, 0.4) is 0 Å². The van der Waals surface area contributed by atoms with Crippen LogP contribution in [0.15, 0.2) is 70.7 Å². The van der Waals surface area contributed by atoms with E-state index >= 15 is 0 Å². The summed E-state index contributed by atoms with van der Waals surface area (Å²) < 4.78 is 10.5. The number of hydrogen-bond acceptors (Lipinski definition) is 6. The molecule has 2 aromatic carbocycles. The third-order valence-corrected chi connectivity index (χ3v) is 6.15. The number of carbonyl (C=O) groups is 2. The lowest BCUT2D eigenvalue weighted by atomic mass is 10.2. The van der Waals surface area contributed by atoms with Gasteiger partial charge in [-0.15, -0.1) is 0 Å². The molecule has 164 valence electrons. The predicted octanol–water partition coefficient (Wildman–Crippen LogP) is 4.63. The zero-order chi connectivity index (χ0) is 22.5. The number of methoxy groups -OCH3 is 2. The minimum atomic E-state index is -0.135. The highest BCUT2D eigenvalue weighted by Crippen LogP contribution is 2.40. The molecular formula is C24H23N3O4S. The highest BCUT2D eigenvalue weighted by Gasteiger charge is 2.27. The third kappa shape index (κ3) is 4.55. The zero-order valence-electron chi connectivity index (χ0n) is 17.8. The first-order chi connectivity index (χ1) is 15.6. The van der Waals surface area contributed by atoms with Crippen molar-refractivity contribution in [3.05, 3.63) is 66.4 Å². The van der Waals surface area contributed by atoms with Gasteiger partial charge in [-0.3, -0.25) is 9.59 Å². The van der Waals surface area contributed by atoms with Crippen LogP contribution in [0.2, 0.25) is 0 Å². The van der Waals surface area contributed by atoms with Crippen molar-refractivity contribution in [3.8, 4) is 11.5 Å². The van der Waals surface area contributed by atoms with Crippen LogP contribution in [-0.2, 0) is 4.79 Å². The Hall–Kier alpha value is -3.52. The van der Waals surface area contributed by atoms with Crippen LogP contribution in [-0.4, -0.2) is 37.6 Å². The van der Waals surface area contributed by atoms with Crippen molar-refractivity contribution in [2.24, 2.45) is 0 Å². The van der Waals surface area contributed by atoms with Crippen molar-refractivity contribution >= 4 is 35.0 Å². The van der Waals surface area contributed by atoms with Gasteiger partial charge in [-0.05, 0) is 42.8 Å². The quantitative estimate of drug-likeness (QED) is 0.567. The van der Waals surface area contributed by atoms with Gasteiger partial charge >= 0.3 is 0 Å². The lowest BCUT2D eigenvalue weighted by molar-refractivity contribution is -0.116. The van der Waals surface area contributed by atoms with Gasteiger partial charge in [0.05, 0.1) is 25.5 Å². The molecule has 0 aliphatic carbocycles. The number of fused-ring (bicyclic) bond motifs is 2. The first kappa shape index (κ1) is 21.7. The number of carbonyl (C=O) groups excluding carboxylic acids is 2. The van der Waals surface area contributed by atoms with E-state index in [-0.39, 0.29) is 18.2 Å². The number of benzene rings is 2. The number of anilines is 2. The summed E-state index contributed by atoms with van der Waals surface area (Å²) in [6.45, 7) is 0.421. The van der Waals surface area contributed by atoms with Gasteiger partial charge in [0.2, 0.25) is 5.91 Å². The molecule has 32 heavy (non-hydrogen) atoms. The molecule has 1 N–H and O–H groups in total. The maximum absolute atomic E-state index is 13.2. The normalized spacial score (nSPS) is 12.4. The number of amides is 2. The fraction of sp³-hybridized carbons (Fsp3) is 0.208. The highest BCUT2D eigenvalue weighted by atomic mass is 32.2. The van der Waals surface area contributed by atoms with Gasteiger partial charge in [0.25, 0.3) is 5.91 Å². The van der Waals surface area contributed by atoms with E-state index in [2.05, 4.69) is 10.3 Å². The Balaban J connectivity index is 1.44. The van der Waals surface area contributed by atoms with Gasteiger partial charge in [-0.25, -0.2) is 4.98 Å². The lowest BCUT2D eigenvalue weighted by Gasteiger charge is -2.22. The standard InChI is InChI=1S/C24H23N3O4S/c1-30-19-12-11-16(15-20(19)31-2)26-22(28)10-6-14-27-18-8-3-4-9-21(18)32-23-17(24(27)29)7-5-13-25-23/h3-5,7-9,11-13,15H,6,10,14H2,1-2H3,(H,26,28). The van der Waals surface area contributed by atoms with Crippen molar-refractivity contribution in [1.29, 1.82) is 0 Å². The number of ether oxygens (including phenoxy) is 2. The molecule has 1 aliphatic rings. The topological polar surface area (TPSA) is 80.8 Å². The predicted molar refractivity (Wildman–Crippen MR) is 124 cm³/mol. The van der Waals surface area contributed by atoms with Crippen molar-refractivity contribution in [2.75, 3.05) is 31.0 Å². The minimum Gasteiger partial charge on any atom is -0.493 e. The van der Waals surface area contributed by atoms with E-state index in [1.54, 1.807) is 55.6 Å². The van der Waals surface area contributed by atoms with Crippen LogP contribution >= 0.6 is 11.8 Å². The van der Waals surface area contributed by atoms with Gasteiger partial charge < -0.3 is 19.7 Å². The Kier molecular flexibility index (Phi) is 6.61. The molecule has 0 fully saturated rings. The molecule has 0 saturated carbocycles. The number of para-hydroxylation sites is 1. The second-order valence-electron chi connectivity index (χ2n) is 7.10. The smallest absolute Gasteiger partial charge is 0.261 e. The van der Waals surface area contributed by atoms with Crippen molar-refractivity contribution in [1.82, 2.24) is 4.98 Å². The average Bonchev–Trinajstić information content (AvgIpc) is 2.93. The molecule has 0 spiro atoms. The van der Waals surface area contributed by atoms with Crippen LogP contribution < -0.4 is 19.7 Å². The van der Waals surface area contributed by atoms with E-state index in [0.29, 0.717) is 40.7 Å². The highest BCUT2D eigenvalue weighted by molar-refractivity contribution is 7.99. The van der Waals surface area contributed by atoms with Gasteiger partial charge in [0.15, 0.2) is 11.5 Å². The van der Waals surface area contributed by atoms with E-state index in [1.807, 2.05) is 24.3 Å². The molecule has 2 heterocycles. The second kappa shape index (κ2) is 9.74. The molecule has 8 heteroatoms. The molecule has 1 aliphatic heterocycles. The Labute approximate surface area is 190 Å². The van der Waals surface area contributed by atoms with E-state index in [0.717, 1.165) is 10.6 Å².